The van der Waals surface area contributed by atoms with Gasteiger partial charge in [0.1, 0.15) is 10.9 Å². The fourth-order valence-electron chi connectivity index (χ4n) is 3.12. The molecule has 1 fully saturated rings. The molecule has 0 spiro atoms. The summed E-state index contributed by atoms with van der Waals surface area (Å²) < 4.78 is 5.25. The summed E-state index contributed by atoms with van der Waals surface area (Å²) in [6.45, 7) is 4.79. The van der Waals surface area contributed by atoms with Gasteiger partial charge in [0.15, 0.2) is 5.13 Å². The van der Waals surface area contributed by atoms with E-state index in [9.17, 15) is 0 Å². The predicted octanol–water partition coefficient (Wildman–Crippen LogP) is 3.68. The van der Waals surface area contributed by atoms with Gasteiger partial charge >= 0.3 is 0 Å². The van der Waals surface area contributed by atoms with Crippen LogP contribution in [0.1, 0.15) is 5.56 Å². The number of aromatic nitrogens is 2. The number of anilines is 1. The van der Waals surface area contributed by atoms with Crippen molar-refractivity contribution in [1.82, 2.24) is 14.9 Å². The molecule has 5 nitrogen and oxygen atoms in total. The minimum Gasteiger partial charge on any atom is -0.497 e. The van der Waals surface area contributed by atoms with Gasteiger partial charge in [-0.2, -0.15) is 0 Å². The number of pyridine rings is 1. The van der Waals surface area contributed by atoms with Crippen LogP contribution in [0.4, 0.5) is 5.13 Å². The zero-order valence-electron chi connectivity index (χ0n) is 14.0. The number of ether oxygens (including phenoxy) is 1. The monoisotopic (exact) mass is 374 g/mol. The zero-order valence-corrected chi connectivity index (χ0v) is 15.6. The molecule has 3 aromatic rings. The molecule has 1 aliphatic rings. The van der Waals surface area contributed by atoms with E-state index in [4.69, 9.17) is 16.3 Å². The third-order valence-corrected chi connectivity index (χ3v) is 5.67. The molecule has 25 heavy (non-hydrogen) atoms. The molecule has 0 N–H and O–H groups in total. The molecule has 0 radical (unpaired) electrons. The van der Waals surface area contributed by atoms with Crippen LogP contribution < -0.4 is 9.64 Å². The highest BCUT2D eigenvalue weighted by molar-refractivity contribution is 7.13. The third kappa shape index (κ3) is 3.56. The summed E-state index contributed by atoms with van der Waals surface area (Å²) in [6.07, 6.45) is 1.86. The van der Waals surface area contributed by atoms with Crippen molar-refractivity contribution in [3.8, 4) is 5.75 Å². The Balaban J connectivity index is 1.47. The number of hydrogen-bond acceptors (Lipinski definition) is 6. The Hall–Kier alpha value is -1.89. The van der Waals surface area contributed by atoms with Gasteiger partial charge in [0.05, 0.1) is 12.6 Å². The van der Waals surface area contributed by atoms with Crippen LogP contribution in [-0.2, 0) is 6.54 Å². The van der Waals surface area contributed by atoms with Gasteiger partial charge in [0, 0.05) is 61.3 Å². The number of hydrogen-bond donors (Lipinski definition) is 0. The molecule has 0 saturated carbocycles. The summed E-state index contributed by atoms with van der Waals surface area (Å²) in [5, 5.41) is 4.79. The number of rotatable bonds is 4. The van der Waals surface area contributed by atoms with Gasteiger partial charge in [-0.05, 0) is 18.2 Å². The molecular formula is C18H19ClN4OS. The van der Waals surface area contributed by atoms with Crippen molar-refractivity contribution in [2.24, 2.45) is 0 Å². The van der Waals surface area contributed by atoms with Crippen molar-refractivity contribution in [2.75, 3.05) is 38.2 Å². The van der Waals surface area contributed by atoms with Gasteiger partial charge in [-0.1, -0.05) is 11.6 Å². The van der Waals surface area contributed by atoms with Crippen LogP contribution in [0.5, 0.6) is 5.75 Å². The predicted molar refractivity (Wildman–Crippen MR) is 103 cm³/mol. The molecule has 0 bridgehead atoms. The highest BCUT2D eigenvalue weighted by Crippen LogP contribution is 2.26. The smallest absolute Gasteiger partial charge is 0.185 e. The van der Waals surface area contributed by atoms with E-state index in [1.54, 1.807) is 18.4 Å². The molecule has 2 aromatic heterocycles. The summed E-state index contributed by atoms with van der Waals surface area (Å²) in [4.78, 5) is 13.7. The standard InChI is InChI=1S/C18H19ClN4OS/c1-24-15-3-2-13-10-14(17(19)21-16(13)11-15)12-22-5-7-23(8-6-22)18-20-4-9-25-18/h2-4,9-11H,5-8,12H2,1H3. The molecule has 0 aliphatic carbocycles. The van der Waals surface area contributed by atoms with Crippen molar-refractivity contribution in [2.45, 2.75) is 6.54 Å². The van der Waals surface area contributed by atoms with Gasteiger partial charge in [-0.25, -0.2) is 9.97 Å². The highest BCUT2D eigenvalue weighted by atomic mass is 35.5. The average Bonchev–Trinajstić information content (AvgIpc) is 3.17. The van der Waals surface area contributed by atoms with Crippen molar-refractivity contribution in [3.63, 3.8) is 0 Å². The van der Waals surface area contributed by atoms with Crippen LogP contribution in [-0.4, -0.2) is 48.2 Å². The quantitative estimate of drug-likeness (QED) is 0.652. The lowest BCUT2D eigenvalue weighted by Gasteiger charge is -2.34. The molecule has 1 aromatic carbocycles. The molecular weight excluding hydrogens is 356 g/mol. The molecule has 7 heteroatoms. The molecule has 130 valence electrons. The van der Waals surface area contributed by atoms with Crippen molar-refractivity contribution < 1.29 is 4.74 Å². The summed E-state index contributed by atoms with van der Waals surface area (Å²) in [5.41, 5.74) is 1.93. The largest absolute Gasteiger partial charge is 0.497 e. The topological polar surface area (TPSA) is 41.5 Å². The van der Waals surface area contributed by atoms with Crippen LogP contribution >= 0.6 is 22.9 Å². The lowest BCUT2D eigenvalue weighted by atomic mass is 10.1. The third-order valence-electron chi connectivity index (χ3n) is 4.51. The van der Waals surface area contributed by atoms with Crippen LogP contribution in [0.25, 0.3) is 10.9 Å². The van der Waals surface area contributed by atoms with Crippen LogP contribution in [0, 0.1) is 0 Å². The summed E-state index contributed by atoms with van der Waals surface area (Å²) >= 11 is 8.13. The number of methoxy groups -OCH3 is 1. The minimum absolute atomic E-state index is 0.572. The zero-order chi connectivity index (χ0) is 17.2. The van der Waals surface area contributed by atoms with Gasteiger partial charge in [-0.3, -0.25) is 4.90 Å². The molecule has 1 saturated heterocycles. The molecule has 3 heterocycles. The fourth-order valence-corrected chi connectivity index (χ4v) is 4.02. The average molecular weight is 375 g/mol. The van der Waals surface area contributed by atoms with E-state index in [0.717, 1.165) is 60.1 Å². The van der Waals surface area contributed by atoms with Crippen molar-refractivity contribution >= 4 is 39.0 Å². The lowest BCUT2D eigenvalue weighted by Crippen LogP contribution is -2.46. The van der Waals surface area contributed by atoms with Gasteiger partial charge < -0.3 is 9.64 Å². The Kier molecular flexibility index (Phi) is 4.74. The van der Waals surface area contributed by atoms with Crippen molar-refractivity contribution in [3.05, 3.63) is 46.6 Å². The summed E-state index contributed by atoms with van der Waals surface area (Å²) in [7, 11) is 1.66. The second kappa shape index (κ2) is 7.15. The van der Waals surface area contributed by atoms with Crippen molar-refractivity contribution in [1.29, 1.82) is 0 Å². The number of nitrogens with zero attached hydrogens (tertiary/aromatic N) is 4. The minimum atomic E-state index is 0.572. The second-order valence-electron chi connectivity index (χ2n) is 6.07. The van der Waals surface area contributed by atoms with E-state index in [0.29, 0.717) is 5.15 Å². The van der Waals surface area contributed by atoms with Crippen LogP contribution in [0.2, 0.25) is 5.15 Å². The lowest BCUT2D eigenvalue weighted by molar-refractivity contribution is 0.249. The number of thiazole rings is 1. The molecule has 1 aliphatic heterocycles. The SMILES string of the molecule is COc1ccc2cc(CN3CCN(c4nccs4)CC3)c(Cl)nc2c1. The van der Waals surface area contributed by atoms with E-state index < -0.39 is 0 Å². The number of fused-ring (bicyclic) bond motifs is 1. The van der Waals surface area contributed by atoms with Crippen LogP contribution in [0.15, 0.2) is 35.8 Å². The summed E-state index contributed by atoms with van der Waals surface area (Å²) in [6, 6.07) is 8.03. The number of halogens is 1. The first-order valence-electron chi connectivity index (χ1n) is 8.23. The van der Waals surface area contributed by atoms with E-state index in [1.807, 2.05) is 29.8 Å². The Labute approximate surface area is 155 Å². The van der Waals surface area contributed by atoms with E-state index in [2.05, 4.69) is 25.8 Å². The van der Waals surface area contributed by atoms with E-state index in [1.165, 1.54) is 0 Å². The number of piperazine rings is 1. The van der Waals surface area contributed by atoms with Crippen LogP contribution in [0.3, 0.4) is 0 Å². The molecule has 4 rings (SSSR count). The Morgan fingerprint density at radius 1 is 1.20 bits per heavy atom. The molecule has 0 unspecified atom stereocenters. The highest BCUT2D eigenvalue weighted by Gasteiger charge is 2.19. The van der Waals surface area contributed by atoms with E-state index in [-0.39, 0.29) is 0 Å². The number of benzene rings is 1. The first-order valence-corrected chi connectivity index (χ1v) is 9.48. The Bertz CT molecular complexity index is 863. The Morgan fingerprint density at radius 3 is 2.76 bits per heavy atom. The van der Waals surface area contributed by atoms with Gasteiger partial charge in [-0.15, -0.1) is 11.3 Å². The Morgan fingerprint density at radius 2 is 2.04 bits per heavy atom. The molecule has 0 amide bonds. The maximum Gasteiger partial charge on any atom is 0.185 e. The first kappa shape index (κ1) is 16.6. The van der Waals surface area contributed by atoms with E-state index >= 15 is 0 Å². The first-order chi connectivity index (χ1) is 12.2. The normalized spacial score (nSPS) is 15.7. The van der Waals surface area contributed by atoms with Gasteiger partial charge in [0.25, 0.3) is 0 Å². The maximum absolute atomic E-state index is 6.43. The molecule has 0 atom stereocenters. The maximum atomic E-state index is 6.43. The fraction of sp³-hybridized carbons (Fsp3) is 0.333. The summed E-state index contributed by atoms with van der Waals surface area (Å²) in [5.74, 6) is 0.794. The van der Waals surface area contributed by atoms with Gasteiger partial charge in [0.2, 0.25) is 0 Å². The second-order valence-corrected chi connectivity index (χ2v) is 7.31.